The van der Waals surface area contributed by atoms with Gasteiger partial charge in [-0.1, -0.05) is 30.3 Å². The van der Waals surface area contributed by atoms with Crippen LogP contribution in [0.1, 0.15) is 26.3 Å². The Hall–Kier alpha value is -3.80. The number of benzene rings is 3. The zero-order valence-corrected chi connectivity index (χ0v) is 16.5. The highest BCUT2D eigenvalue weighted by Gasteiger charge is 2.16. The maximum Gasteiger partial charge on any atom is 0.259 e. The number of hydrogen-bond acceptors (Lipinski definition) is 4. The van der Waals surface area contributed by atoms with E-state index in [4.69, 9.17) is 9.47 Å². The number of amides is 2. The lowest BCUT2D eigenvalue weighted by atomic mass is 10.1. The molecule has 0 bridgehead atoms. The first-order valence-corrected chi connectivity index (χ1v) is 9.03. The highest BCUT2D eigenvalue weighted by atomic mass is 16.5. The molecule has 2 amide bonds. The summed E-state index contributed by atoms with van der Waals surface area (Å²) < 4.78 is 10.5. The van der Waals surface area contributed by atoms with Crippen molar-refractivity contribution in [2.75, 3.05) is 24.9 Å². The lowest BCUT2D eigenvalue weighted by Gasteiger charge is -2.15. The molecule has 3 rings (SSSR count). The van der Waals surface area contributed by atoms with E-state index in [0.717, 1.165) is 5.56 Å². The molecule has 148 valence electrons. The van der Waals surface area contributed by atoms with Crippen molar-refractivity contribution in [3.8, 4) is 11.5 Å². The SMILES string of the molecule is COc1ccccc1C(=O)Nc1cccc(NC(=O)c2ccccc2OC)c1C. The van der Waals surface area contributed by atoms with E-state index in [-0.39, 0.29) is 11.8 Å². The molecule has 6 nitrogen and oxygen atoms in total. The minimum Gasteiger partial charge on any atom is -0.496 e. The molecule has 0 aliphatic heterocycles. The molecule has 6 heteroatoms. The molecule has 0 fully saturated rings. The van der Waals surface area contributed by atoms with Gasteiger partial charge in [-0.3, -0.25) is 9.59 Å². The standard InChI is InChI=1S/C23H22N2O4/c1-15-18(24-22(26)16-9-4-6-13-20(16)28-2)11-8-12-19(15)25-23(27)17-10-5-7-14-21(17)29-3/h4-14H,1-3H3,(H,24,26)(H,25,27). The number of hydrogen-bond donors (Lipinski definition) is 2. The molecule has 0 atom stereocenters. The van der Waals surface area contributed by atoms with Crippen molar-refractivity contribution < 1.29 is 19.1 Å². The maximum atomic E-state index is 12.7. The van der Waals surface area contributed by atoms with Gasteiger partial charge in [-0.25, -0.2) is 0 Å². The number of ether oxygens (including phenoxy) is 2. The van der Waals surface area contributed by atoms with Gasteiger partial charge in [0.05, 0.1) is 25.3 Å². The zero-order valence-electron chi connectivity index (χ0n) is 16.5. The van der Waals surface area contributed by atoms with Crippen molar-refractivity contribution in [3.63, 3.8) is 0 Å². The summed E-state index contributed by atoms with van der Waals surface area (Å²) in [5, 5.41) is 5.76. The van der Waals surface area contributed by atoms with Crippen molar-refractivity contribution in [2.24, 2.45) is 0 Å². The Morgan fingerprint density at radius 3 is 1.48 bits per heavy atom. The molecule has 0 saturated carbocycles. The molecular formula is C23H22N2O4. The predicted molar refractivity (Wildman–Crippen MR) is 113 cm³/mol. The molecule has 3 aromatic carbocycles. The Balaban J connectivity index is 1.83. The van der Waals surface area contributed by atoms with E-state index in [1.807, 2.05) is 6.92 Å². The molecular weight excluding hydrogens is 368 g/mol. The van der Waals surface area contributed by atoms with Crippen LogP contribution in [0.4, 0.5) is 11.4 Å². The van der Waals surface area contributed by atoms with Crippen LogP contribution in [0.3, 0.4) is 0 Å². The van der Waals surface area contributed by atoms with Gasteiger partial charge in [0.15, 0.2) is 0 Å². The summed E-state index contributed by atoms with van der Waals surface area (Å²) in [6, 6.07) is 19.3. The summed E-state index contributed by atoms with van der Waals surface area (Å²) in [6.45, 7) is 1.83. The van der Waals surface area contributed by atoms with Crippen LogP contribution in [0, 0.1) is 6.92 Å². The van der Waals surface area contributed by atoms with Gasteiger partial charge < -0.3 is 20.1 Å². The highest BCUT2D eigenvalue weighted by molar-refractivity contribution is 6.09. The van der Waals surface area contributed by atoms with Crippen LogP contribution in [-0.2, 0) is 0 Å². The van der Waals surface area contributed by atoms with Crippen molar-refractivity contribution >= 4 is 23.2 Å². The van der Waals surface area contributed by atoms with Gasteiger partial charge in [0.1, 0.15) is 11.5 Å². The lowest BCUT2D eigenvalue weighted by molar-refractivity contribution is 0.101. The molecule has 2 N–H and O–H groups in total. The largest absolute Gasteiger partial charge is 0.496 e. The molecule has 0 aliphatic rings. The maximum absolute atomic E-state index is 12.7. The summed E-state index contributed by atoms with van der Waals surface area (Å²) in [7, 11) is 3.04. The molecule has 29 heavy (non-hydrogen) atoms. The number of carbonyl (C=O) groups excluding carboxylic acids is 2. The van der Waals surface area contributed by atoms with Gasteiger partial charge in [-0.15, -0.1) is 0 Å². The van der Waals surface area contributed by atoms with Gasteiger partial charge >= 0.3 is 0 Å². The Morgan fingerprint density at radius 1 is 0.655 bits per heavy atom. The zero-order chi connectivity index (χ0) is 20.8. The second-order valence-corrected chi connectivity index (χ2v) is 6.29. The topological polar surface area (TPSA) is 76.7 Å². The Morgan fingerprint density at radius 2 is 1.07 bits per heavy atom. The second-order valence-electron chi connectivity index (χ2n) is 6.29. The molecule has 0 radical (unpaired) electrons. The van der Waals surface area contributed by atoms with Crippen LogP contribution in [0.5, 0.6) is 11.5 Å². The normalized spacial score (nSPS) is 10.2. The van der Waals surface area contributed by atoms with Crippen molar-refractivity contribution in [1.29, 1.82) is 0 Å². The van der Waals surface area contributed by atoms with E-state index in [0.29, 0.717) is 34.0 Å². The van der Waals surface area contributed by atoms with E-state index in [1.54, 1.807) is 66.7 Å². The Kier molecular flexibility index (Phi) is 6.14. The summed E-state index contributed by atoms with van der Waals surface area (Å²) in [4.78, 5) is 25.4. The van der Waals surface area contributed by atoms with E-state index in [1.165, 1.54) is 14.2 Å². The van der Waals surface area contributed by atoms with E-state index in [9.17, 15) is 9.59 Å². The number of nitrogens with one attached hydrogen (secondary N) is 2. The Labute approximate surface area is 169 Å². The third-order valence-corrected chi connectivity index (χ3v) is 4.53. The monoisotopic (exact) mass is 390 g/mol. The van der Waals surface area contributed by atoms with Crippen molar-refractivity contribution in [1.82, 2.24) is 0 Å². The van der Waals surface area contributed by atoms with Crippen LogP contribution in [0.2, 0.25) is 0 Å². The average Bonchev–Trinajstić information content (AvgIpc) is 2.76. The molecule has 0 aliphatic carbocycles. The van der Waals surface area contributed by atoms with E-state index < -0.39 is 0 Å². The van der Waals surface area contributed by atoms with Gasteiger partial charge in [-0.2, -0.15) is 0 Å². The molecule has 0 heterocycles. The van der Waals surface area contributed by atoms with Crippen molar-refractivity contribution in [2.45, 2.75) is 6.92 Å². The third-order valence-electron chi connectivity index (χ3n) is 4.53. The average molecular weight is 390 g/mol. The molecule has 0 spiro atoms. The summed E-state index contributed by atoms with van der Waals surface area (Å²) in [5.74, 6) is 0.393. The Bertz CT molecular complexity index is 967. The minimum absolute atomic E-state index is 0.293. The van der Waals surface area contributed by atoms with Crippen LogP contribution >= 0.6 is 0 Å². The second kappa shape index (κ2) is 8.93. The van der Waals surface area contributed by atoms with Crippen LogP contribution in [0.25, 0.3) is 0 Å². The van der Waals surface area contributed by atoms with Gasteiger partial charge in [0, 0.05) is 11.4 Å². The van der Waals surface area contributed by atoms with E-state index in [2.05, 4.69) is 10.6 Å². The first kappa shape index (κ1) is 19.9. The number of anilines is 2. The number of carbonyl (C=O) groups is 2. The van der Waals surface area contributed by atoms with E-state index >= 15 is 0 Å². The van der Waals surface area contributed by atoms with Gasteiger partial charge in [-0.05, 0) is 48.9 Å². The van der Waals surface area contributed by atoms with Crippen LogP contribution in [-0.4, -0.2) is 26.0 Å². The predicted octanol–water partition coefficient (Wildman–Crippen LogP) is 4.52. The number of methoxy groups -OCH3 is 2. The van der Waals surface area contributed by atoms with Crippen molar-refractivity contribution in [3.05, 3.63) is 83.4 Å². The fourth-order valence-electron chi connectivity index (χ4n) is 2.95. The third kappa shape index (κ3) is 4.38. The van der Waals surface area contributed by atoms with Gasteiger partial charge in [0.25, 0.3) is 11.8 Å². The quantitative estimate of drug-likeness (QED) is 0.649. The number of rotatable bonds is 6. The van der Waals surface area contributed by atoms with Crippen LogP contribution < -0.4 is 20.1 Å². The minimum atomic E-state index is -0.293. The molecule has 3 aromatic rings. The lowest BCUT2D eigenvalue weighted by Crippen LogP contribution is -2.16. The first-order chi connectivity index (χ1) is 14.0. The smallest absolute Gasteiger partial charge is 0.259 e. The first-order valence-electron chi connectivity index (χ1n) is 9.03. The van der Waals surface area contributed by atoms with Gasteiger partial charge in [0.2, 0.25) is 0 Å². The molecule has 0 saturated heterocycles. The highest BCUT2D eigenvalue weighted by Crippen LogP contribution is 2.27. The van der Waals surface area contributed by atoms with Crippen LogP contribution in [0.15, 0.2) is 66.7 Å². The summed E-state index contributed by atoms with van der Waals surface area (Å²) in [5.41, 5.74) is 2.78. The fraction of sp³-hybridized carbons (Fsp3) is 0.130. The molecule has 0 aromatic heterocycles. The number of para-hydroxylation sites is 2. The fourth-order valence-corrected chi connectivity index (χ4v) is 2.95. The summed E-state index contributed by atoms with van der Waals surface area (Å²) in [6.07, 6.45) is 0. The summed E-state index contributed by atoms with van der Waals surface area (Å²) >= 11 is 0. The molecule has 0 unspecified atom stereocenters.